The maximum absolute atomic E-state index is 13.6. The van der Waals surface area contributed by atoms with Gasteiger partial charge in [-0.3, -0.25) is 10.2 Å². The number of carbonyl (C=O) groups excluding carboxylic acids is 3. The number of rotatable bonds is 7. The molecule has 204 valence electrons. The van der Waals surface area contributed by atoms with E-state index in [1.807, 2.05) is 0 Å². The summed E-state index contributed by atoms with van der Waals surface area (Å²) in [6, 6.07) is 12.5. The number of hydrogen-bond acceptors (Lipinski definition) is 8. The summed E-state index contributed by atoms with van der Waals surface area (Å²) in [7, 11) is 0. The molecule has 0 fully saturated rings. The fraction of sp³-hybridized carbons (Fsp3) is 0.115. The molecule has 14 heteroatoms. The van der Waals surface area contributed by atoms with E-state index >= 15 is 0 Å². The molecule has 0 saturated carbocycles. The Balaban J connectivity index is 1.47. The number of esters is 1. The maximum Gasteiger partial charge on any atom is 0.412 e. The fourth-order valence-electron chi connectivity index (χ4n) is 3.80. The van der Waals surface area contributed by atoms with Gasteiger partial charge >= 0.3 is 12.1 Å². The van der Waals surface area contributed by atoms with E-state index in [-0.39, 0.29) is 33.9 Å². The molecule has 10 nitrogen and oxygen atoms in total. The van der Waals surface area contributed by atoms with Gasteiger partial charge in [0.1, 0.15) is 11.8 Å². The van der Waals surface area contributed by atoms with E-state index in [2.05, 4.69) is 15.3 Å². The van der Waals surface area contributed by atoms with Crippen LogP contribution in [0.1, 0.15) is 21.5 Å². The third-order valence-corrected chi connectivity index (χ3v) is 6.17. The number of halogens is 4. The monoisotopic (exact) mass is 587 g/mol. The molecule has 1 aliphatic rings. The minimum Gasteiger partial charge on any atom is -0.454 e. The Hall–Kier alpha value is -4.73. The molecule has 1 heterocycles. The molecule has 4 rings (SSSR count). The minimum atomic E-state index is -1.40. The van der Waals surface area contributed by atoms with Gasteiger partial charge in [-0.05, 0) is 60.0 Å². The first kappa shape index (κ1) is 28.3. The summed E-state index contributed by atoms with van der Waals surface area (Å²) in [5.41, 5.74) is 8.18. The van der Waals surface area contributed by atoms with Crippen LogP contribution in [-0.2, 0) is 22.5 Å². The van der Waals surface area contributed by atoms with E-state index < -0.39 is 29.4 Å². The molecule has 0 saturated heterocycles. The highest BCUT2D eigenvalue weighted by atomic mass is 35.5. The molecule has 3 aromatic rings. The first-order chi connectivity index (χ1) is 19.0. The lowest BCUT2D eigenvalue weighted by Crippen LogP contribution is -2.37. The first-order valence-corrected chi connectivity index (χ1v) is 12.1. The minimum absolute atomic E-state index is 0.0509. The van der Waals surface area contributed by atoms with Gasteiger partial charge in [0.05, 0.1) is 15.7 Å². The van der Waals surface area contributed by atoms with Crippen LogP contribution < -0.4 is 15.9 Å². The number of hydrazone groups is 1. The van der Waals surface area contributed by atoms with Crippen molar-refractivity contribution in [1.29, 1.82) is 5.26 Å². The Morgan fingerprint density at radius 2 is 1.82 bits per heavy atom. The van der Waals surface area contributed by atoms with Crippen LogP contribution >= 0.6 is 23.2 Å². The van der Waals surface area contributed by atoms with Gasteiger partial charge in [0.2, 0.25) is 5.71 Å². The number of carbonyl (C=O) groups is 3. The van der Waals surface area contributed by atoms with Gasteiger partial charge in [0.15, 0.2) is 17.4 Å². The second-order valence-electron chi connectivity index (χ2n) is 8.31. The number of ether oxygens (including phenoxy) is 2. The van der Waals surface area contributed by atoms with Gasteiger partial charge in [0.25, 0.3) is 5.91 Å². The Morgan fingerprint density at radius 3 is 2.48 bits per heavy atom. The van der Waals surface area contributed by atoms with Gasteiger partial charge < -0.3 is 20.1 Å². The number of nitrogens with two attached hydrogens (primary N) is 1. The normalized spacial score (nSPS) is 12.8. The largest absolute Gasteiger partial charge is 0.454 e. The topological polar surface area (TPSA) is 147 Å². The molecule has 0 spiro atoms. The lowest BCUT2D eigenvalue weighted by atomic mass is 9.98. The molecule has 0 aliphatic carbocycles. The van der Waals surface area contributed by atoms with Crippen LogP contribution in [0, 0.1) is 23.0 Å². The number of nitrogens with zero attached hydrogens (tertiary/aromatic N) is 3. The van der Waals surface area contributed by atoms with Crippen molar-refractivity contribution < 1.29 is 32.6 Å². The molecule has 0 radical (unpaired) electrons. The van der Waals surface area contributed by atoms with Gasteiger partial charge in [0, 0.05) is 18.7 Å². The Bertz CT molecular complexity index is 1590. The summed E-state index contributed by atoms with van der Waals surface area (Å²) in [6.07, 6.45) is -0.907. The predicted molar refractivity (Wildman–Crippen MR) is 140 cm³/mol. The van der Waals surface area contributed by atoms with Gasteiger partial charge in [-0.15, -0.1) is 0 Å². The summed E-state index contributed by atoms with van der Waals surface area (Å²) < 4.78 is 36.7. The molecule has 0 unspecified atom stereocenters. The van der Waals surface area contributed by atoms with Crippen molar-refractivity contribution in [3.8, 4) is 17.6 Å². The second-order valence-corrected chi connectivity index (χ2v) is 9.12. The Morgan fingerprint density at radius 1 is 1.10 bits per heavy atom. The van der Waals surface area contributed by atoms with Crippen LogP contribution in [0.3, 0.4) is 0 Å². The van der Waals surface area contributed by atoms with E-state index in [0.29, 0.717) is 29.8 Å². The van der Waals surface area contributed by atoms with Crippen molar-refractivity contribution in [3.05, 3.63) is 86.9 Å². The quantitative estimate of drug-likeness (QED) is 0.167. The third kappa shape index (κ3) is 6.45. The zero-order chi connectivity index (χ0) is 29.0. The maximum atomic E-state index is 13.6. The average molecular weight is 588 g/mol. The number of fused-ring (bicyclic) bond motifs is 1. The van der Waals surface area contributed by atoms with Crippen molar-refractivity contribution in [1.82, 2.24) is 4.90 Å². The first-order valence-electron chi connectivity index (χ1n) is 11.3. The molecule has 3 N–H and O–H groups in total. The van der Waals surface area contributed by atoms with E-state index in [0.717, 1.165) is 17.7 Å². The molecular weight excluding hydrogens is 571 g/mol. The van der Waals surface area contributed by atoms with Crippen molar-refractivity contribution in [2.24, 2.45) is 10.8 Å². The van der Waals surface area contributed by atoms with Crippen molar-refractivity contribution >= 4 is 52.6 Å². The molecular formula is C26H17Cl2F2N5O5. The average Bonchev–Trinajstić information content (AvgIpc) is 2.90. The molecule has 1 aliphatic heterocycles. The van der Waals surface area contributed by atoms with E-state index in [4.69, 9.17) is 38.9 Å². The fourth-order valence-corrected chi connectivity index (χ4v) is 4.37. The summed E-state index contributed by atoms with van der Waals surface area (Å²) >= 11 is 12.6. The number of nitriles is 1. The van der Waals surface area contributed by atoms with Crippen LogP contribution in [0.2, 0.25) is 10.0 Å². The number of benzene rings is 3. The summed E-state index contributed by atoms with van der Waals surface area (Å²) in [5, 5.41) is 12.7. The summed E-state index contributed by atoms with van der Waals surface area (Å²) in [6.45, 7) is 0.486. The smallest absolute Gasteiger partial charge is 0.412 e. The lowest BCUT2D eigenvalue weighted by Gasteiger charge is -2.29. The van der Waals surface area contributed by atoms with Gasteiger partial charge in [-0.1, -0.05) is 29.3 Å². The Labute approximate surface area is 235 Å². The summed E-state index contributed by atoms with van der Waals surface area (Å²) in [5.74, 6) is -3.10. The highest BCUT2D eigenvalue weighted by molar-refractivity contribution is 6.44. The van der Waals surface area contributed by atoms with Crippen LogP contribution in [0.5, 0.6) is 11.5 Å². The molecule has 0 atom stereocenters. The zero-order valence-corrected chi connectivity index (χ0v) is 21.7. The van der Waals surface area contributed by atoms with E-state index in [1.54, 1.807) is 23.1 Å². The number of hydrogen-bond donors (Lipinski definition) is 2. The van der Waals surface area contributed by atoms with Crippen LogP contribution in [0.25, 0.3) is 0 Å². The third-order valence-electron chi connectivity index (χ3n) is 5.61. The standard InChI is InChI=1S/C26H17Cl2F2N5O5/c27-18-9-15(33-34-22(11-31)25(37)40-26(32)38)10-19(28)23(18)39-16-2-3-17-14(8-16)5-6-35(24(17)36)12-13-1-4-20(29)21(30)7-13/h1-4,7-10,33H,5-6,12H2,(H2,32,38). The predicted octanol–water partition coefficient (Wildman–Crippen LogP) is 5.18. The molecule has 0 aromatic heterocycles. The van der Waals surface area contributed by atoms with Gasteiger partial charge in [-0.25, -0.2) is 18.4 Å². The van der Waals surface area contributed by atoms with Crippen molar-refractivity contribution in [2.75, 3.05) is 12.0 Å². The molecule has 40 heavy (non-hydrogen) atoms. The zero-order valence-electron chi connectivity index (χ0n) is 20.2. The van der Waals surface area contributed by atoms with E-state index in [1.165, 1.54) is 24.3 Å². The lowest BCUT2D eigenvalue weighted by molar-refractivity contribution is -0.129. The number of amides is 2. The van der Waals surface area contributed by atoms with Gasteiger partial charge in [-0.2, -0.15) is 10.4 Å². The summed E-state index contributed by atoms with van der Waals surface area (Å²) in [4.78, 5) is 36.8. The second kappa shape index (κ2) is 12.0. The highest BCUT2D eigenvalue weighted by Crippen LogP contribution is 2.39. The molecule has 2 amide bonds. The van der Waals surface area contributed by atoms with Crippen LogP contribution in [0.15, 0.2) is 53.6 Å². The molecule has 0 bridgehead atoms. The highest BCUT2D eigenvalue weighted by Gasteiger charge is 2.25. The number of anilines is 1. The SMILES string of the molecule is N#CC(=NNc1cc(Cl)c(Oc2ccc3c(c2)CCN(Cc2ccc(F)c(F)c2)C3=O)c(Cl)c1)C(=O)OC(N)=O. The molecule has 3 aromatic carbocycles. The van der Waals surface area contributed by atoms with E-state index in [9.17, 15) is 23.2 Å². The van der Waals surface area contributed by atoms with Crippen molar-refractivity contribution in [3.63, 3.8) is 0 Å². The van der Waals surface area contributed by atoms with Crippen LogP contribution in [0.4, 0.5) is 19.3 Å². The Kier molecular flexibility index (Phi) is 8.47. The number of nitrogens with one attached hydrogen (secondary N) is 1. The van der Waals surface area contributed by atoms with Crippen molar-refractivity contribution in [2.45, 2.75) is 13.0 Å². The van der Waals surface area contributed by atoms with Crippen LogP contribution in [-0.4, -0.2) is 35.1 Å². The number of primary amides is 1.